The van der Waals surface area contributed by atoms with Gasteiger partial charge in [0.2, 0.25) is 0 Å². The summed E-state index contributed by atoms with van der Waals surface area (Å²) in [5.74, 6) is -1.24. The van der Waals surface area contributed by atoms with Crippen molar-refractivity contribution in [3.8, 4) is 5.69 Å². The number of aromatic carboxylic acids is 1. The standard InChI is InChI=1S/C20H23ClN4O4/c1-13-9-15(11-22-23-19(26)12-24-5-7-29-8-6-24)14(2)25(13)16-3-4-17(20(27)28)18(21)10-16/h3-4,9-11H,5-8,12H2,1-2H3,(H,23,26)(H,27,28)/b22-11-. The molecule has 8 nitrogen and oxygen atoms in total. The number of ether oxygens (including phenoxy) is 1. The Morgan fingerprint density at radius 2 is 2.00 bits per heavy atom. The van der Waals surface area contributed by atoms with E-state index in [9.17, 15) is 9.59 Å². The van der Waals surface area contributed by atoms with Crippen LogP contribution in [0.1, 0.15) is 27.3 Å². The molecule has 1 saturated heterocycles. The molecule has 0 spiro atoms. The van der Waals surface area contributed by atoms with E-state index in [-0.39, 0.29) is 23.0 Å². The van der Waals surface area contributed by atoms with Crippen LogP contribution in [0.15, 0.2) is 29.4 Å². The van der Waals surface area contributed by atoms with E-state index < -0.39 is 5.97 Å². The third-order valence-corrected chi connectivity index (χ3v) is 5.09. The first-order valence-corrected chi connectivity index (χ1v) is 9.59. The molecule has 1 fully saturated rings. The van der Waals surface area contributed by atoms with Gasteiger partial charge in [-0.05, 0) is 38.1 Å². The Balaban J connectivity index is 1.70. The van der Waals surface area contributed by atoms with Crippen molar-refractivity contribution in [2.24, 2.45) is 5.10 Å². The molecule has 3 rings (SSSR count). The number of benzene rings is 1. The monoisotopic (exact) mass is 418 g/mol. The van der Waals surface area contributed by atoms with E-state index in [2.05, 4.69) is 10.5 Å². The number of amides is 1. The third kappa shape index (κ3) is 5.03. The first-order valence-electron chi connectivity index (χ1n) is 9.21. The van der Waals surface area contributed by atoms with Gasteiger partial charge in [0, 0.05) is 35.7 Å². The molecule has 1 aromatic heterocycles. The van der Waals surface area contributed by atoms with Crippen LogP contribution in [0.4, 0.5) is 0 Å². The predicted molar refractivity (Wildman–Crippen MR) is 110 cm³/mol. The van der Waals surface area contributed by atoms with Gasteiger partial charge in [-0.15, -0.1) is 0 Å². The first kappa shape index (κ1) is 21.0. The zero-order valence-electron chi connectivity index (χ0n) is 16.3. The average Bonchev–Trinajstić information content (AvgIpc) is 2.95. The number of carboxylic acid groups (broad SMARTS) is 1. The summed E-state index contributed by atoms with van der Waals surface area (Å²) >= 11 is 6.10. The number of carbonyl (C=O) groups excluding carboxylic acids is 1. The summed E-state index contributed by atoms with van der Waals surface area (Å²) in [6, 6.07) is 6.75. The number of hydrogen-bond acceptors (Lipinski definition) is 5. The number of morpholine rings is 1. The van der Waals surface area contributed by atoms with Crippen LogP contribution in [0.2, 0.25) is 5.02 Å². The van der Waals surface area contributed by atoms with Crippen molar-refractivity contribution >= 4 is 29.7 Å². The number of nitrogens with zero attached hydrogens (tertiary/aromatic N) is 3. The lowest BCUT2D eigenvalue weighted by Gasteiger charge is -2.25. The Kier molecular flexibility index (Phi) is 6.68. The summed E-state index contributed by atoms with van der Waals surface area (Å²) in [5.41, 5.74) is 6.04. The van der Waals surface area contributed by atoms with Gasteiger partial charge in [0.15, 0.2) is 0 Å². The number of hydrogen-bond donors (Lipinski definition) is 2. The highest BCUT2D eigenvalue weighted by Gasteiger charge is 2.15. The fourth-order valence-corrected chi connectivity index (χ4v) is 3.56. The smallest absolute Gasteiger partial charge is 0.337 e. The van der Waals surface area contributed by atoms with Crippen LogP contribution < -0.4 is 5.43 Å². The second-order valence-corrected chi connectivity index (χ2v) is 7.22. The summed E-state index contributed by atoms with van der Waals surface area (Å²) in [5, 5.41) is 13.4. The summed E-state index contributed by atoms with van der Waals surface area (Å²) in [7, 11) is 0. The molecule has 29 heavy (non-hydrogen) atoms. The Morgan fingerprint density at radius 1 is 1.28 bits per heavy atom. The molecule has 0 radical (unpaired) electrons. The van der Waals surface area contributed by atoms with Crippen molar-refractivity contribution in [1.82, 2.24) is 14.9 Å². The SMILES string of the molecule is Cc1cc(/C=N\NC(=O)CN2CCOCC2)c(C)n1-c1ccc(C(=O)O)c(Cl)c1. The highest BCUT2D eigenvalue weighted by molar-refractivity contribution is 6.33. The number of hydrazone groups is 1. The number of halogens is 1. The Morgan fingerprint density at radius 3 is 2.66 bits per heavy atom. The molecule has 0 saturated carbocycles. The number of aromatic nitrogens is 1. The van der Waals surface area contributed by atoms with Crippen molar-refractivity contribution in [1.29, 1.82) is 0 Å². The van der Waals surface area contributed by atoms with E-state index in [4.69, 9.17) is 21.4 Å². The molecule has 1 aromatic carbocycles. The van der Waals surface area contributed by atoms with E-state index in [1.165, 1.54) is 6.07 Å². The van der Waals surface area contributed by atoms with Gasteiger partial charge in [0.1, 0.15) is 0 Å². The van der Waals surface area contributed by atoms with Gasteiger partial charge in [-0.1, -0.05) is 11.6 Å². The first-order chi connectivity index (χ1) is 13.9. The topological polar surface area (TPSA) is 96.2 Å². The highest BCUT2D eigenvalue weighted by Crippen LogP contribution is 2.24. The summed E-state index contributed by atoms with van der Waals surface area (Å²) in [4.78, 5) is 25.2. The van der Waals surface area contributed by atoms with E-state index in [0.29, 0.717) is 13.2 Å². The molecule has 1 aliphatic heterocycles. The largest absolute Gasteiger partial charge is 0.478 e. The lowest BCUT2D eigenvalue weighted by Crippen LogP contribution is -2.42. The molecule has 0 atom stereocenters. The molecule has 1 amide bonds. The van der Waals surface area contributed by atoms with Crippen molar-refractivity contribution in [3.63, 3.8) is 0 Å². The normalized spacial score (nSPS) is 15.0. The number of carbonyl (C=O) groups is 2. The lowest BCUT2D eigenvalue weighted by molar-refractivity contribution is -0.123. The van der Waals surface area contributed by atoms with Crippen molar-refractivity contribution in [2.45, 2.75) is 13.8 Å². The minimum absolute atomic E-state index is 0.0580. The summed E-state index contributed by atoms with van der Waals surface area (Å²) in [6.07, 6.45) is 1.60. The maximum absolute atomic E-state index is 12.0. The molecular formula is C20H23ClN4O4. The predicted octanol–water partition coefficient (Wildman–Crippen LogP) is 2.23. The molecule has 1 aliphatic rings. The van der Waals surface area contributed by atoms with E-state index in [1.807, 2.05) is 29.4 Å². The second kappa shape index (κ2) is 9.21. The average molecular weight is 419 g/mol. The molecule has 154 valence electrons. The van der Waals surface area contributed by atoms with Crippen LogP contribution >= 0.6 is 11.6 Å². The van der Waals surface area contributed by atoms with Gasteiger partial charge >= 0.3 is 5.97 Å². The maximum Gasteiger partial charge on any atom is 0.337 e. The number of aryl methyl sites for hydroxylation is 1. The molecule has 9 heteroatoms. The van der Waals surface area contributed by atoms with Crippen LogP contribution in [-0.4, -0.2) is 65.5 Å². The zero-order chi connectivity index (χ0) is 21.0. The van der Waals surface area contributed by atoms with Gasteiger partial charge in [-0.2, -0.15) is 5.10 Å². The van der Waals surface area contributed by atoms with E-state index in [1.54, 1.807) is 18.3 Å². The van der Waals surface area contributed by atoms with Crippen molar-refractivity contribution in [3.05, 3.63) is 51.8 Å². The Hall–Kier alpha value is -2.68. The van der Waals surface area contributed by atoms with Gasteiger partial charge < -0.3 is 14.4 Å². The fourth-order valence-electron chi connectivity index (χ4n) is 3.30. The molecule has 2 N–H and O–H groups in total. The molecular weight excluding hydrogens is 396 g/mol. The lowest BCUT2D eigenvalue weighted by atomic mass is 10.2. The van der Waals surface area contributed by atoms with Crippen LogP contribution in [0.25, 0.3) is 5.69 Å². The molecule has 2 aromatic rings. The minimum atomic E-state index is -1.07. The van der Waals surface area contributed by atoms with Crippen LogP contribution in [-0.2, 0) is 9.53 Å². The minimum Gasteiger partial charge on any atom is -0.478 e. The van der Waals surface area contributed by atoms with Gasteiger partial charge in [0.05, 0.1) is 36.6 Å². The van der Waals surface area contributed by atoms with Crippen molar-refractivity contribution < 1.29 is 19.4 Å². The summed E-state index contributed by atoms with van der Waals surface area (Å²) < 4.78 is 7.22. The number of carboxylic acids is 1. The van der Waals surface area contributed by atoms with Crippen molar-refractivity contribution in [2.75, 3.05) is 32.8 Å². The highest BCUT2D eigenvalue weighted by atomic mass is 35.5. The Labute approximate surface area is 173 Å². The quantitative estimate of drug-likeness (QED) is 0.554. The van der Waals surface area contributed by atoms with E-state index in [0.717, 1.165) is 35.7 Å². The maximum atomic E-state index is 12.0. The van der Waals surface area contributed by atoms with E-state index >= 15 is 0 Å². The molecule has 0 aliphatic carbocycles. The molecule has 0 unspecified atom stereocenters. The number of rotatable bonds is 6. The second-order valence-electron chi connectivity index (χ2n) is 6.81. The number of nitrogens with one attached hydrogen (secondary N) is 1. The van der Waals surface area contributed by atoms with Crippen LogP contribution in [0.3, 0.4) is 0 Å². The van der Waals surface area contributed by atoms with Crippen LogP contribution in [0, 0.1) is 13.8 Å². The third-order valence-electron chi connectivity index (χ3n) is 4.78. The van der Waals surface area contributed by atoms with Gasteiger partial charge in [-0.25, -0.2) is 10.2 Å². The fraction of sp³-hybridized carbons (Fsp3) is 0.350. The summed E-state index contributed by atoms with van der Waals surface area (Å²) in [6.45, 7) is 6.89. The van der Waals surface area contributed by atoms with Gasteiger partial charge in [-0.3, -0.25) is 9.69 Å². The molecule has 0 bridgehead atoms. The van der Waals surface area contributed by atoms with Crippen LogP contribution in [0.5, 0.6) is 0 Å². The Bertz CT molecular complexity index is 948. The molecule has 2 heterocycles. The zero-order valence-corrected chi connectivity index (χ0v) is 17.1. The van der Waals surface area contributed by atoms with Gasteiger partial charge in [0.25, 0.3) is 5.91 Å².